The number of aryl methyl sites for hydroxylation is 1. The van der Waals surface area contributed by atoms with E-state index < -0.39 is 0 Å². The van der Waals surface area contributed by atoms with Crippen molar-refractivity contribution < 1.29 is 0 Å². The quantitative estimate of drug-likeness (QED) is 0.689. The SMILES string of the molecule is Cn1cnnc1Cn1c(CCl)nc2ccc(C#N)cc21. The number of alkyl halides is 1. The van der Waals surface area contributed by atoms with Crippen molar-refractivity contribution >= 4 is 22.6 Å². The minimum Gasteiger partial charge on any atom is -0.319 e. The van der Waals surface area contributed by atoms with Gasteiger partial charge in [-0.1, -0.05) is 0 Å². The highest BCUT2D eigenvalue weighted by molar-refractivity contribution is 6.16. The van der Waals surface area contributed by atoms with Gasteiger partial charge in [-0.3, -0.25) is 0 Å². The van der Waals surface area contributed by atoms with E-state index in [1.807, 2.05) is 28.3 Å². The minimum absolute atomic E-state index is 0.300. The smallest absolute Gasteiger partial charge is 0.152 e. The van der Waals surface area contributed by atoms with Gasteiger partial charge in [-0.15, -0.1) is 21.8 Å². The number of nitrogens with zero attached hydrogens (tertiary/aromatic N) is 6. The van der Waals surface area contributed by atoms with Crippen LogP contribution in [0.2, 0.25) is 0 Å². The standard InChI is InChI=1S/C13H11ClN6/c1-19-8-16-18-13(19)7-20-11-4-9(6-15)2-3-10(11)17-12(20)5-14/h2-4,8H,5,7H2,1H3. The summed E-state index contributed by atoms with van der Waals surface area (Å²) in [5.41, 5.74) is 2.29. The maximum atomic E-state index is 9.02. The van der Waals surface area contributed by atoms with Crippen LogP contribution in [-0.2, 0) is 19.5 Å². The van der Waals surface area contributed by atoms with Gasteiger partial charge >= 0.3 is 0 Å². The highest BCUT2D eigenvalue weighted by Gasteiger charge is 2.13. The van der Waals surface area contributed by atoms with Crippen molar-refractivity contribution in [1.82, 2.24) is 24.3 Å². The summed E-state index contributed by atoms with van der Waals surface area (Å²) in [5.74, 6) is 1.85. The molecule has 0 saturated carbocycles. The third-order valence-corrected chi connectivity index (χ3v) is 3.42. The normalized spacial score (nSPS) is 10.8. The molecule has 20 heavy (non-hydrogen) atoms. The fraction of sp³-hybridized carbons (Fsp3) is 0.231. The number of imidazole rings is 1. The number of hydrogen-bond acceptors (Lipinski definition) is 4. The predicted molar refractivity (Wildman–Crippen MR) is 74.1 cm³/mol. The van der Waals surface area contributed by atoms with Crippen molar-refractivity contribution in [2.75, 3.05) is 0 Å². The minimum atomic E-state index is 0.300. The maximum absolute atomic E-state index is 9.02. The van der Waals surface area contributed by atoms with Crippen LogP contribution in [-0.4, -0.2) is 24.3 Å². The molecule has 0 amide bonds. The zero-order chi connectivity index (χ0) is 14.1. The summed E-state index contributed by atoms with van der Waals surface area (Å²) < 4.78 is 3.81. The predicted octanol–water partition coefficient (Wildman–Crippen LogP) is 1.82. The van der Waals surface area contributed by atoms with Gasteiger partial charge in [-0.05, 0) is 18.2 Å². The van der Waals surface area contributed by atoms with E-state index in [9.17, 15) is 0 Å². The first-order chi connectivity index (χ1) is 9.72. The second-order valence-corrected chi connectivity index (χ2v) is 4.69. The number of rotatable bonds is 3. The summed E-state index contributed by atoms with van der Waals surface area (Å²) in [4.78, 5) is 4.48. The Morgan fingerprint density at radius 3 is 2.85 bits per heavy atom. The van der Waals surface area contributed by atoms with Crippen LogP contribution in [0, 0.1) is 11.3 Å². The number of aromatic nitrogens is 5. The van der Waals surface area contributed by atoms with E-state index in [-0.39, 0.29) is 0 Å². The van der Waals surface area contributed by atoms with Gasteiger partial charge < -0.3 is 9.13 Å². The zero-order valence-electron chi connectivity index (χ0n) is 10.8. The molecular formula is C13H11ClN6. The lowest BCUT2D eigenvalue weighted by Crippen LogP contribution is -2.08. The van der Waals surface area contributed by atoms with Crippen molar-refractivity contribution in [2.24, 2.45) is 7.05 Å². The van der Waals surface area contributed by atoms with E-state index in [1.165, 1.54) is 0 Å². The fourth-order valence-corrected chi connectivity index (χ4v) is 2.32. The third-order valence-electron chi connectivity index (χ3n) is 3.18. The van der Waals surface area contributed by atoms with E-state index >= 15 is 0 Å². The zero-order valence-corrected chi connectivity index (χ0v) is 11.5. The van der Waals surface area contributed by atoms with Gasteiger partial charge in [0.25, 0.3) is 0 Å². The van der Waals surface area contributed by atoms with Crippen molar-refractivity contribution in [2.45, 2.75) is 12.4 Å². The number of benzene rings is 1. The van der Waals surface area contributed by atoms with Crippen molar-refractivity contribution in [3.63, 3.8) is 0 Å². The van der Waals surface area contributed by atoms with Crippen molar-refractivity contribution in [1.29, 1.82) is 5.26 Å². The van der Waals surface area contributed by atoms with Gasteiger partial charge in [0, 0.05) is 7.05 Å². The van der Waals surface area contributed by atoms with Crippen LogP contribution in [0.3, 0.4) is 0 Å². The lowest BCUT2D eigenvalue weighted by atomic mass is 10.2. The Morgan fingerprint density at radius 2 is 2.20 bits per heavy atom. The molecule has 6 nitrogen and oxygen atoms in total. The number of fused-ring (bicyclic) bond motifs is 1. The molecule has 0 bridgehead atoms. The van der Waals surface area contributed by atoms with E-state index in [0.29, 0.717) is 18.0 Å². The molecule has 0 aliphatic rings. The van der Waals surface area contributed by atoms with Gasteiger partial charge in [-0.2, -0.15) is 5.26 Å². The molecule has 3 aromatic rings. The molecule has 0 saturated heterocycles. The molecule has 0 aliphatic heterocycles. The first-order valence-corrected chi connectivity index (χ1v) is 6.54. The van der Waals surface area contributed by atoms with Crippen LogP contribution >= 0.6 is 11.6 Å². The second-order valence-electron chi connectivity index (χ2n) is 4.42. The second kappa shape index (κ2) is 4.94. The van der Waals surface area contributed by atoms with Gasteiger partial charge in [0.2, 0.25) is 0 Å². The lowest BCUT2D eigenvalue weighted by molar-refractivity contribution is 0.691. The average Bonchev–Trinajstić information content (AvgIpc) is 3.03. The summed E-state index contributed by atoms with van der Waals surface area (Å²) >= 11 is 5.97. The molecule has 0 spiro atoms. The molecular weight excluding hydrogens is 276 g/mol. The van der Waals surface area contributed by atoms with Crippen molar-refractivity contribution in [3.8, 4) is 6.07 Å². The number of hydrogen-bond donors (Lipinski definition) is 0. The molecule has 2 heterocycles. The van der Waals surface area contributed by atoms with E-state index in [4.69, 9.17) is 16.9 Å². The van der Waals surface area contributed by atoms with Crippen LogP contribution in [0.15, 0.2) is 24.5 Å². The van der Waals surface area contributed by atoms with E-state index in [1.54, 1.807) is 12.4 Å². The van der Waals surface area contributed by atoms with Crippen molar-refractivity contribution in [3.05, 3.63) is 41.7 Å². The van der Waals surface area contributed by atoms with Crippen LogP contribution in [0.1, 0.15) is 17.2 Å². The summed E-state index contributed by atoms with van der Waals surface area (Å²) in [6.07, 6.45) is 1.65. The molecule has 0 aliphatic carbocycles. The highest BCUT2D eigenvalue weighted by Crippen LogP contribution is 2.20. The summed E-state index contributed by atoms with van der Waals surface area (Å²) in [7, 11) is 1.88. The van der Waals surface area contributed by atoms with E-state index in [2.05, 4.69) is 21.3 Å². The average molecular weight is 287 g/mol. The Bertz CT molecular complexity index is 810. The Kier molecular flexibility index (Phi) is 3.12. The summed E-state index contributed by atoms with van der Waals surface area (Å²) in [5, 5.41) is 17.0. The molecule has 7 heteroatoms. The highest BCUT2D eigenvalue weighted by atomic mass is 35.5. The molecule has 0 N–H and O–H groups in total. The largest absolute Gasteiger partial charge is 0.319 e. The Morgan fingerprint density at radius 1 is 1.35 bits per heavy atom. The van der Waals surface area contributed by atoms with Gasteiger partial charge in [0.1, 0.15) is 12.2 Å². The Labute approximate surface area is 120 Å². The molecule has 0 unspecified atom stereocenters. The monoisotopic (exact) mass is 286 g/mol. The summed E-state index contributed by atoms with van der Waals surface area (Å²) in [6, 6.07) is 7.53. The molecule has 0 radical (unpaired) electrons. The fourth-order valence-electron chi connectivity index (χ4n) is 2.11. The van der Waals surface area contributed by atoms with Crippen LogP contribution in [0.4, 0.5) is 0 Å². The number of halogens is 1. The lowest BCUT2D eigenvalue weighted by Gasteiger charge is -2.07. The Hall–Kier alpha value is -2.39. The Balaban J connectivity index is 2.16. The van der Waals surface area contributed by atoms with Gasteiger partial charge in [0.05, 0.1) is 35.1 Å². The maximum Gasteiger partial charge on any atom is 0.152 e. The first kappa shape index (κ1) is 12.6. The van der Waals surface area contributed by atoms with E-state index in [0.717, 1.165) is 22.7 Å². The molecule has 100 valence electrons. The van der Waals surface area contributed by atoms with Crippen LogP contribution < -0.4 is 0 Å². The third kappa shape index (κ3) is 2.02. The molecule has 3 rings (SSSR count). The molecule has 1 aromatic carbocycles. The molecule has 2 aromatic heterocycles. The van der Waals surface area contributed by atoms with Crippen LogP contribution in [0.25, 0.3) is 11.0 Å². The topological polar surface area (TPSA) is 72.3 Å². The van der Waals surface area contributed by atoms with Crippen LogP contribution in [0.5, 0.6) is 0 Å². The summed E-state index contributed by atoms with van der Waals surface area (Å²) in [6.45, 7) is 0.518. The number of nitriles is 1. The molecule has 0 atom stereocenters. The van der Waals surface area contributed by atoms with Gasteiger partial charge in [0.15, 0.2) is 5.82 Å². The van der Waals surface area contributed by atoms with Gasteiger partial charge in [-0.25, -0.2) is 4.98 Å². The molecule has 0 fully saturated rings. The first-order valence-electron chi connectivity index (χ1n) is 6.01.